The van der Waals surface area contributed by atoms with E-state index in [1.807, 2.05) is 30.3 Å². The Hall–Kier alpha value is -3.40. The fourth-order valence-corrected chi connectivity index (χ4v) is 3.61. The quantitative estimate of drug-likeness (QED) is 0.355. The van der Waals surface area contributed by atoms with Crippen LogP contribution >= 0.6 is 0 Å². The molecular formula is C24H28N6O3. The van der Waals surface area contributed by atoms with Crippen LogP contribution in [-0.2, 0) is 11.3 Å². The third kappa shape index (κ3) is 5.00. The Bertz CT molecular complexity index is 1230. The molecule has 9 nitrogen and oxygen atoms in total. The van der Waals surface area contributed by atoms with Crippen molar-refractivity contribution in [2.75, 3.05) is 20.3 Å². The number of fused-ring (bicyclic) bond motifs is 1. The Morgan fingerprint density at radius 2 is 2.03 bits per heavy atom. The van der Waals surface area contributed by atoms with Crippen LogP contribution in [0.25, 0.3) is 28.1 Å². The van der Waals surface area contributed by atoms with E-state index in [0.29, 0.717) is 36.3 Å². The van der Waals surface area contributed by atoms with Crippen molar-refractivity contribution in [3.05, 3.63) is 60.2 Å². The lowest BCUT2D eigenvalue weighted by Gasteiger charge is -2.13. The molecular weight excluding hydrogens is 420 g/mol. The first-order valence-electron chi connectivity index (χ1n) is 10.9. The van der Waals surface area contributed by atoms with E-state index < -0.39 is 0 Å². The molecule has 0 aliphatic heterocycles. The molecule has 9 heteroatoms. The summed E-state index contributed by atoms with van der Waals surface area (Å²) in [5, 5.41) is 14.8. The van der Waals surface area contributed by atoms with Crippen LogP contribution in [0.5, 0.6) is 5.75 Å². The summed E-state index contributed by atoms with van der Waals surface area (Å²) < 4.78 is 12.9. The first kappa shape index (κ1) is 22.8. The van der Waals surface area contributed by atoms with Crippen molar-refractivity contribution in [3.63, 3.8) is 0 Å². The van der Waals surface area contributed by atoms with Crippen molar-refractivity contribution < 1.29 is 14.6 Å². The van der Waals surface area contributed by atoms with Gasteiger partial charge in [-0.25, -0.2) is 19.6 Å². The van der Waals surface area contributed by atoms with Crippen LogP contribution < -0.4 is 10.5 Å². The number of nitrogens with two attached hydrogens (primary N) is 1. The summed E-state index contributed by atoms with van der Waals surface area (Å²) in [7, 11) is 1.63. The van der Waals surface area contributed by atoms with E-state index in [9.17, 15) is 5.11 Å². The summed E-state index contributed by atoms with van der Waals surface area (Å²) in [5.41, 5.74) is 9.22. The van der Waals surface area contributed by atoms with E-state index in [1.165, 1.54) is 0 Å². The summed E-state index contributed by atoms with van der Waals surface area (Å²) in [6, 6.07) is 11.0. The zero-order valence-corrected chi connectivity index (χ0v) is 18.8. The highest BCUT2D eigenvalue weighted by molar-refractivity contribution is 5.90. The number of pyridine rings is 1. The second kappa shape index (κ2) is 10.5. The molecule has 4 rings (SSSR count). The van der Waals surface area contributed by atoms with Gasteiger partial charge in [-0.1, -0.05) is 19.4 Å². The molecule has 3 heterocycles. The lowest BCUT2D eigenvalue weighted by atomic mass is 10.1. The van der Waals surface area contributed by atoms with Gasteiger partial charge < -0.3 is 20.3 Å². The van der Waals surface area contributed by atoms with Crippen molar-refractivity contribution in [1.29, 1.82) is 0 Å². The minimum Gasteiger partial charge on any atom is -0.490 e. The van der Waals surface area contributed by atoms with Gasteiger partial charge in [0.1, 0.15) is 12.4 Å². The summed E-state index contributed by atoms with van der Waals surface area (Å²) >= 11 is 0. The second-order valence-corrected chi connectivity index (χ2v) is 7.65. The maximum Gasteiger partial charge on any atom is 0.159 e. The van der Waals surface area contributed by atoms with Gasteiger partial charge in [0.05, 0.1) is 41.7 Å². The molecule has 0 aliphatic carbocycles. The first-order valence-corrected chi connectivity index (χ1v) is 10.9. The maximum atomic E-state index is 9.49. The molecule has 1 atom stereocenters. The maximum absolute atomic E-state index is 9.49. The molecule has 0 radical (unpaired) electrons. The third-order valence-corrected chi connectivity index (χ3v) is 5.28. The van der Waals surface area contributed by atoms with E-state index >= 15 is 0 Å². The van der Waals surface area contributed by atoms with E-state index in [-0.39, 0.29) is 12.6 Å². The molecule has 33 heavy (non-hydrogen) atoms. The molecule has 3 aromatic heterocycles. The summed E-state index contributed by atoms with van der Waals surface area (Å²) in [4.78, 5) is 13.7. The standard InChI is InChI=1S/C24H28N6O3/c1-3-5-19(25)20-8-9-26-24(29-20)16-12-21-18(22(13-16)33-11-10-32-2)14-27-30(21)23-7-4-6-17(15-31)28-23/h4,6-9,12-14,19,31H,3,5,10-11,15,25H2,1-2H3. The predicted octanol–water partition coefficient (Wildman–Crippen LogP) is 3.19. The Morgan fingerprint density at radius 1 is 1.15 bits per heavy atom. The van der Waals surface area contributed by atoms with Gasteiger partial charge in [0.25, 0.3) is 0 Å². The van der Waals surface area contributed by atoms with Gasteiger partial charge in [-0.15, -0.1) is 0 Å². The number of benzene rings is 1. The SMILES string of the molecule is CCCC(N)c1ccnc(-c2cc(OCCOC)c3cnn(-c4cccc(CO)n4)c3c2)n1. The number of hydrogen-bond donors (Lipinski definition) is 2. The van der Waals surface area contributed by atoms with E-state index in [4.69, 9.17) is 20.2 Å². The summed E-state index contributed by atoms with van der Waals surface area (Å²) in [5.74, 6) is 1.80. The van der Waals surface area contributed by atoms with Crippen LogP contribution in [0, 0.1) is 0 Å². The summed E-state index contributed by atoms with van der Waals surface area (Å²) in [6.07, 6.45) is 5.29. The molecule has 172 valence electrons. The number of aliphatic hydroxyl groups is 1. The van der Waals surface area contributed by atoms with Gasteiger partial charge in [0, 0.05) is 24.9 Å². The monoisotopic (exact) mass is 448 g/mol. The van der Waals surface area contributed by atoms with E-state index in [1.54, 1.807) is 30.3 Å². The normalized spacial score (nSPS) is 12.2. The Balaban J connectivity index is 1.84. The number of ether oxygens (including phenoxy) is 2. The van der Waals surface area contributed by atoms with Crippen LogP contribution in [0.1, 0.15) is 37.2 Å². The molecule has 0 saturated carbocycles. The van der Waals surface area contributed by atoms with Gasteiger partial charge in [0.2, 0.25) is 0 Å². The molecule has 1 unspecified atom stereocenters. The molecule has 1 aromatic carbocycles. The van der Waals surface area contributed by atoms with Gasteiger partial charge >= 0.3 is 0 Å². The highest BCUT2D eigenvalue weighted by Gasteiger charge is 2.16. The molecule has 0 saturated heterocycles. The summed E-state index contributed by atoms with van der Waals surface area (Å²) in [6.45, 7) is 2.79. The molecule has 3 N–H and O–H groups in total. The van der Waals surface area contributed by atoms with Crippen molar-refractivity contribution in [3.8, 4) is 23.0 Å². The Morgan fingerprint density at radius 3 is 2.82 bits per heavy atom. The van der Waals surface area contributed by atoms with Crippen LogP contribution in [0.4, 0.5) is 0 Å². The molecule has 0 bridgehead atoms. The number of nitrogens with zero attached hydrogens (tertiary/aromatic N) is 5. The largest absolute Gasteiger partial charge is 0.490 e. The molecule has 0 amide bonds. The topological polar surface area (TPSA) is 121 Å². The molecule has 0 fully saturated rings. The zero-order chi connectivity index (χ0) is 23.2. The fourth-order valence-electron chi connectivity index (χ4n) is 3.61. The highest BCUT2D eigenvalue weighted by atomic mass is 16.5. The first-order chi connectivity index (χ1) is 16.1. The highest BCUT2D eigenvalue weighted by Crippen LogP contribution is 2.33. The average Bonchev–Trinajstić information content (AvgIpc) is 3.29. The Labute approximate surface area is 192 Å². The van der Waals surface area contributed by atoms with Crippen LogP contribution in [0.3, 0.4) is 0 Å². The number of aromatic nitrogens is 5. The van der Waals surface area contributed by atoms with Crippen LogP contribution in [-0.4, -0.2) is 50.2 Å². The molecule has 4 aromatic rings. The minimum atomic E-state index is -0.150. The van der Waals surface area contributed by atoms with Gasteiger partial charge in [-0.2, -0.15) is 5.10 Å². The second-order valence-electron chi connectivity index (χ2n) is 7.65. The lowest BCUT2D eigenvalue weighted by molar-refractivity contribution is 0.147. The van der Waals surface area contributed by atoms with Crippen molar-refractivity contribution in [2.24, 2.45) is 5.73 Å². The minimum absolute atomic E-state index is 0.145. The number of hydrogen-bond acceptors (Lipinski definition) is 8. The lowest BCUT2D eigenvalue weighted by Crippen LogP contribution is -2.12. The van der Waals surface area contributed by atoms with Crippen molar-refractivity contribution in [2.45, 2.75) is 32.4 Å². The van der Waals surface area contributed by atoms with Gasteiger partial charge in [0.15, 0.2) is 11.6 Å². The van der Waals surface area contributed by atoms with Crippen LogP contribution in [0.15, 0.2) is 48.8 Å². The number of rotatable bonds is 10. The molecule has 0 aliphatic rings. The number of aliphatic hydroxyl groups excluding tert-OH is 1. The number of methoxy groups -OCH3 is 1. The van der Waals surface area contributed by atoms with Crippen LogP contribution in [0.2, 0.25) is 0 Å². The van der Waals surface area contributed by atoms with E-state index in [2.05, 4.69) is 22.0 Å². The van der Waals surface area contributed by atoms with Gasteiger partial charge in [-0.05, 0) is 36.8 Å². The fraction of sp³-hybridized carbons (Fsp3) is 0.333. The predicted molar refractivity (Wildman–Crippen MR) is 125 cm³/mol. The average molecular weight is 449 g/mol. The zero-order valence-electron chi connectivity index (χ0n) is 18.8. The van der Waals surface area contributed by atoms with E-state index in [0.717, 1.165) is 35.0 Å². The van der Waals surface area contributed by atoms with Crippen molar-refractivity contribution in [1.82, 2.24) is 24.7 Å². The van der Waals surface area contributed by atoms with Gasteiger partial charge in [-0.3, -0.25) is 0 Å². The molecule has 0 spiro atoms. The Kier molecular flexibility index (Phi) is 7.23. The van der Waals surface area contributed by atoms with Crippen molar-refractivity contribution >= 4 is 10.9 Å². The smallest absolute Gasteiger partial charge is 0.159 e. The third-order valence-electron chi connectivity index (χ3n) is 5.28.